The number of hydrogen-bond acceptors (Lipinski definition) is 2. The number of nitrogens with zero attached hydrogens (tertiary/aromatic N) is 2. The highest BCUT2D eigenvalue weighted by atomic mass is 35.5. The summed E-state index contributed by atoms with van der Waals surface area (Å²) < 4.78 is 0. The van der Waals surface area contributed by atoms with E-state index in [1.165, 1.54) is 11.1 Å². The van der Waals surface area contributed by atoms with Gasteiger partial charge in [-0.3, -0.25) is 0 Å². The van der Waals surface area contributed by atoms with Crippen molar-refractivity contribution in [2.24, 2.45) is 0 Å². The van der Waals surface area contributed by atoms with E-state index in [4.69, 9.17) is 23.2 Å². The van der Waals surface area contributed by atoms with E-state index >= 15 is 0 Å². The maximum absolute atomic E-state index is 6.00. The molecule has 0 aliphatic carbocycles. The number of benzene rings is 1. The lowest BCUT2D eigenvalue weighted by Crippen LogP contribution is -1.89. The van der Waals surface area contributed by atoms with Crippen LogP contribution in [0.2, 0.25) is 10.3 Å². The average Bonchev–Trinajstić information content (AvgIpc) is 2.20. The summed E-state index contributed by atoms with van der Waals surface area (Å²) in [6.45, 7) is 4.08. The minimum atomic E-state index is 0.346. The first-order valence-corrected chi connectivity index (χ1v) is 5.59. The van der Waals surface area contributed by atoms with Gasteiger partial charge in [-0.25, -0.2) is 0 Å². The molecule has 0 saturated heterocycles. The minimum absolute atomic E-state index is 0.346. The topological polar surface area (TPSA) is 25.8 Å². The Labute approximate surface area is 104 Å². The molecule has 0 atom stereocenters. The molecule has 0 radical (unpaired) electrons. The summed E-state index contributed by atoms with van der Waals surface area (Å²) in [5.74, 6) is 0. The van der Waals surface area contributed by atoms with Gasteiger partial charge in [-0.05, 0) is 25.5 Å². The molecule has 0 amide bonds. The molecule has 4 heteroatoms. The van der Waals surface area contributed by atoms with Crippen LogP contribution in [0.4, 0.5) is 0 Å². The molecular weight excluding hydrogens is 243 g/mol. The fraction of sp³-hybridized carbons (Fsp3) is 0.167. The van der Waals surface area contributed by atoms with E-state index < -0.39 is 0 Å². The Morgan fingerprint density at radius 2 is 1.50 bits per heavy atom. The Bertz CT molecular complexity index is 518. The number of halogens is 2. The zero-order valence-corrected chi connectivity index (χ0v) is 10.5. The van der Waals surface area contributed by atoms with Crippen molar-refractivity contribution < 1.29 is 0 Å². The average molecular weight is 253 g/mol. The van der Waals surface area contributed by atoms with Crippen molar-refractivity contribution in [3.8, 4) is 11.1 Å². The van der Waals surface area contributed by atoms with Crippen molar-refractivity contribution in [1.82, 2.24) is 10.2 Å². The normalized spacial score (nSPS) is 10.5. The van der Waals surface area contributed by atoms with Crippen LogP contribution in [0, 0.1) is 13.8 Å². The summed E-state index contributed by atoms with van der Waals surface area (Å²) in [5.41, 5.74) is 4.19. The van der Waals surface area contributed by atoms with E-state index in [1.807, 2.05) is 26.0 Å². The summed E-state index contributed by atoms with van der Waals surface area (Å²) in [4.78, 5) is 0. The van der Waals surface area contributed by atoms with Crippen LogP contribution in [0.15, 0.2) is 24.3 Å². The highest BCUT2D eigenvalue weighted by Crippen LogP contribution is 2.28. The van der Waals surface area contributed by atoms with Crippen molar-refractivity contribution in [2.45, 2.75) is 13.8 Å². The summed E-state index contributed by atoms with van der Waals surface area (Å²) in [7, 11) is 0. The fourth-order valence-electron chi connectivity index (χ4n) is 1.69. The van der Waals surface area contributed by atoms with Crippen LogP contribution in [0.3, 0.4) is 0 Å². The van der Waals surface area contributed by atoms with Gasteiger partial charge in [-0.15, -0.1) is 10.2 Å². The lowest BCUT2D eigenvalue weighted by atomic mass is 10.0. The molecule has 1 aromatic carbocycles. The second-order valence-electron chi connectivity index (χ2n) is 3.75. The van der Waals surface area contributed by atoms with E-state index in [2.05, 4.69) is 16.3 Å². The van der Waals surface area contributed by atoms with E-state index in [9.17, 15) is 0 Å². The lowest BCUT2D eigenvalue weighted by molar-refractivity contribution is 1.03. The van der Waals surface area contributed by atoms with Crippen molar-refractivity contribution in [3.05, 3.63) is 45.7 Å². The summed E-state index contributed by atoms with van der Waals surface area (Å²) >= 11 is 11.8. The molecule has 1 heterocycles. The Hall–Kier alpha value is -1.12. The minimum Gasteiger partial charge on any atom is -0.137 e. The molecule has 0 saturated carbocycles. The smallest absolute Gasteiger partial charge is 0.137 e. The molecular formula is C12H10Cl2N2. The molecule has 1 aromatic heterocycles. The zero-order chi connectivity index (χ0) is 11.7. The van der Waals surface area contributed by atoms with Crippen molar-refractivity contribution in [2.75, 3.05) is 0 Å². The van der Waals surface area contributed by atoms with Crippen LogP contribution in [0.5, 0.6) is 0 Å². The third-order valence-corrected chi connectivity index (χ3v) is 2.72. The monoisotopic (exact) mass is 252 g/mol. The van der Waals surface area contributed by atoms with Crippen LogP contribution >= 0.6 is 23.2 Å². The van der Waals surface area contributed by atoms with Gasteiger partial charge in [0.25, 0.3) is 0 Å². The van der Waals surface area contributed by atoms with Gasteiger partial charge < -0.3 is 0 Å². The van der Waals surface area contributed by atoms with Gasteiger partial charge in [-0.2, -0.15) is 0 Å². The van der Waals surface area contributed by atoms with E-state index in [0.717, 1.165) is 11.1 Å². The second kappa shape index (κ2) is 4.40. The molecule has 2 nitrogen and oxygen atoms in total. The molecule has 0 aliphatic rings. The Morgan fingerprint density at radius 3 is 2.12 bits per heavy atom. The first-order valence-electron chi connectivity index (χ1n) is 4.83. The molecule has 16 heavy (non-hydrogen) atoms. The first kappa shape index (κ1) is 11.4. The van der Waals surface area contributed by atoms with Crippen LogP contribution in [0.1, 0.15) is 11.1 Å². The predicted molar refractivity (Wildman–Crippen MR) is 67.0 cm³/mol. The van der Waals surface area contributed by atoms with Gasteiger partial charge in [0.15, 0.2) is 10.3 Å². The standard InChI is InChI=1S/C12H10Cl2N2/c1-7-3-8(2)5-9(4-7)10-6-11(13)15-16-12(10)14/h3-6H,1-2H3. The Morgan fingerprint density at radius 1 is 0.875 bits per heavy atom. The van der Waals surface area contributed by atoms with E-state index in [-0.39, 0.29) is 0 Å². The van der Waals surface area contributed by atoms with Gasteiger partial charge in [0.05, 0.1) is 0 Å². The summed E-state index contributed by atoms with van der Waals surface area (Å²) in [5, 5.41) is 8.21. The predicted octanol–water partition coefficient (Wildman–Crippen LogP) is 4.07. The van der Waals surface area contributed by atoms with Crippen molar-refractivity contribution >= 4 is 23.2 Å². The largest absolute Gasteiger partial charge is 0.159 e. The lowest BCUT2D eigenvalue weighted by Gasteiger charge is -2.06. The van der Waals surface area contributed by atoms with Gasteiger partial charge in [-0.1, -0.05) is 52.5 Å². The van der Waals surface area contributed by atoms with Gasteiger partial charge in [0.2, 0.25) is 0 Å². The summed E-state index contributed by atoms with van der Waals surface area (Å²) in [6, 6.07) is 7.93. The van der Waals surface area contributed by atoms with Gasteiger partial charge in [0, 0.05) is 5.56 Å². The SMILES string of the molecule is Cc1cc(C)cc(-c2cc(Cl)nnc2Cl)c1. The highest BCUT2D eigenvalue weighted by Gasteiger charge is 2.07. The second-order valence-corrected chi connectivity index (χ2v) is 4.49. The van der Waals surface area contributed by atoms with E-state index in [0.29, 0.717) is 10.3 Å². The van der Waals surface area contributed by atoms with Gasteiger partial charge in [0.1, 0.15) is 0 Å². The first-order chi connectivity index (χ1) is 7.56. The molecule has 0 fully saturated rings. The molecule has 0 unspecified atom stereocenters. The van der Waals surface area contributed by atoms with Crippen molar-refractivity contribution in [3.63, 3.8) is 0 Å². The third-order valence-electron chi connectivity index (χ3n) is 2.25. The van der Waals surface area contributed by atoms with Crippen LogP contribution < -0.4 is 0 Å². The molecule has 0 N–H and O–H groups in total. The maximum atomic E-state index is 6.00. The maximum Gasteiger partial charge on any atom is 0.159 e. The quantitative estimate of drug-likeness (QED) is 0.765. The number of hydrogen-bond donors (Lipinski definition) is 0. The Kier molecular flexibility index (Phi) is 3.13. The van der Waals surface area contributed by atoms with Crippen LogP contribution in [-0.4, -0.2) is 10.2 Å². The molecule has 0 aliphatic heterocycles. The molecule has 2 rings (SSSR count). The number of rotatable bonds is 1. The molecule has 2 aromatic rings. The van der Waals surface area contributed by atoms with Gasteiger partial charge >= 0.3 is 0 Å². The molecule has 0 spiro atoms. The van der Waals surface area contributed by atoms with Crippen molar-refractivity contribution in [1.29, 1.82) is 0 Å². The van der Waals surface area contributed by atoms with E-state index in [1.54, 1.807) is 6.07 Å². The van der Waals surface area contributed by atoms with Crippen LogP contribution in [0.25, 0.3) is 11.1 Å². The Balaban J connectivity index is 2.62. The molecule has 82 valence electrons. The summed E-state index contributed by atoms with van der Waals surface area (Å²) in [6.07, 6.45) is 0. The van der Waals surface area contributed by atoms with Crippen LogP contribution in [-0.2, 0) is 0 Å². The fourth-order valence-corrected chi connectivity index (χ4v) is 2.03. The number of aromatic nitrogens is 2. The third kappa shape index (κ3) is 2.34. The number of aryl methyl sites for hydroxylation is 2. The highest BCUT2D eigenvalue weighted by molar-refractivity contribution is 6.33. The zero-order valence-electron chi connectivity index (χ0n) is 8.96. The molecule has 0 bridgehead atoms.